The molecule has 1 aliphatic heterocycles. The van der Waals surface area contributed by atoms with Crippen LogP contribution in [-0.4, -0.2) is 49.5 Å². The molecular weight excluding hydrogens is 256 g/mol. The monoisotopic (exact) mass is 284 g/mol. The zero-order chi connectivity index (χ0) is 14.2. The molecule has 1 saturated heterocycles. The van der Waals surface area contributed by atoms with Crippen LogP contribution in [0, 0.1) is 5.92 Å². The second kappa shape index (κ2) is 8.60. The van der Waals surface area contributed by atoms with Crippen molar-refractivity contribution in [2.24, 2.45) is 5.92 Å². The van der Waals surface area contributed by atoms with Crippen LogP contribution in [0.15, 0.2) is 0 Å². The first kappa shape index (κ1) is 15.7. The van der Waals surface area contributed by atoms with Crippen molar-refractivity contribution in [2.45, 2.75) is 57.2 Å². The van der Waals surface area contributed by atoms with Crippen molar-refractivity contribution in [2.75, 3.05) is 26.2 Å². The van der Waals surface area contributed by atoms with E-state index in [4.69, 9.17) is 4.74 Å². The predicted molar refractivity (Wildman–Crippen MR) is 77.4 cm³/mol. The molecular formula is C15H28N2O3. The lowest BCUT2D eigenvalue weighted by atomic mass is 9.87. The summed E-state index contributed by atoms with van der Waals surface area (Å²) >= 11 is 0. The second-order valence-electron chi connectivity index (χ2n) is 6.06. The van der Waals surface area contributed by atoms with Gasteiger partial charge in [-0.2, -0.15) is 0 Å². The lowest BCUT2D eigenvalue weighted by molar-refractivity contribution is -0.123. The summed E-state index contributed by atoms with van der Waals surface area (Å²) in [5, 5.41) is 15.9. The van der Waals surface area contributed by atoms with Crippen LogP contribution in [0.25, 0.3) is 0 Å². The minimum Gasteiger partial charge on any atom is -0.393 e. The van der Waals surface area contributed by atoms with Crippen LogP contribution in [0.3, 0.4) is 0 Å². The molecule has 2 aliphatic rings. The molecule has 0 aromatic heterocycles. The van der Waals surface area contributed by atoms with Crippen LogP contribution in [0.1, 0.15) is 44.9 Å². The van der Waals surface area contributed by atoms with Crippen molar-refractivity contribution < 1.29 is 14.6 Å². The van der Waals surface area contributed by atoms with E-state index in [-0.39, 0.29) is 12.0 Å². The number of nitrogens with one attached hydrogen (secondary N) is 2. The van der Waals surface area contributed by atoms with E-state index in [1.807, 2.05) is 0 Å². The second-order valence-corrected chi connectivity index (χ2v) is 6.06. The van der Waals surface area contributed by atoms with Gasteiger partial charge in [0.1, 0.15) is 0 Å². The molecule has 116 valence electrons. The lowest BCUT2D eigenvalue weighted by Gasteiger charge is -2.26. The summed E-state index contributed by atoms with van der Waals surface area (Å²) in [4.78, 5) is 11.7. The molecule has 1 amide bonds. The van der Waals surface area contributed by atoms with Crippen LogP contribution in [0.4, 0.5) is 0 Å². The van der Waals surface area contributed by atoms with Gasteiger partial charge in [-0.1, -0.05) is 6.42 Å². The number of carbonyl (C=O) groups is 1. The van der Waals surface area contributed by atoms with Crippen LogP contribution < -0.4 is 10.6 Å². The maximum absolute atomic E-state index is 11.7. The molecule has 0 bridgehead atoms. The Balaban J connectivity index is 1.51. The third-order valence-corrected chi connectivity index (χ3v) is 4.31. The Morgan fingerprint density at radius 3 is 2.80 bits per heavy atom. The molecule has 2 unspecified atom stereocenters. The number of amides is 1. The van der Waals surface area contributed by atoms with Crippen molar-refractivity contribution in [1.29, 1.82) is 0 Å². The van der Waals surface area contributed by atoms with E-state index in [1.165, 1.54) is 0 Å². The summed E-state index contributed by atoms with van der Waals surface area (Å²) in [5.41, 5.74) is 0. The van der Waals surface area contributed by atoms with Gasteiger partial charge in [0.25, 0.3) is 0 Å². The molecule has 0 radical (unpaired) electrons. The standard InChI is InChI=1S/C15H28N2O3/c18-13-3-1-2-12(10-13)11-17-15(19)6-9-20-14-4-7-16-8-5-14/h12-14,16,18H,1-11H2,(H,17,19). The summed E-state index contributed by atoms with van der Waals surface area (Å²) < 4.78 is 5.72. The highest BCUT2D eigenvalue weighted by Gasteiger charge is 2.20. The van der Waals surface area contributed by atoms with E-state index in [1.54, 1.807) is 0 Å². The molecule has 1 aliphatic carbocycles. The van der Waals surface area contributed by atoms with Gasteiger partial charge in [-0.15, -0.1) is 0 Å². The number of ether oxygens (including phenoxy) is 1. The fourth-order valence-corrected chi connectivity index (χ4v) is 3.07. The molecule has 1 saturated carbocycles. The molecule has 2 fully saturated rings. The maximum Gasteiger partial charge on any atom is 0.222 e. The van der Waals surface area contributed by atoms with Gasteiger partial charge in [-0.05, 0) is 51.1 Å². The number of rotatable bonds is 6. The van der Waals surface area contributed by atoms with Gasteiger partial charge in [0.05, 0.1) is 18.8 Å². The highest BCUT2D eigenvalue weighted by molar-refractivity contribution is 5.75. The highest BCUT2D eigenvalue weighted by atomic mass is 16.5. The van der Waals surface area contributed by atoms with Gasteiger partial charge >= 0.3 is 0 Å². The van der Waals surface area contributed by atoms with Crippen LogP contribution >= 0.6 is 0 Å². The maximum atomic E-state index is 11.7. The van der Waals surface area contributed by atoms with Gasteiger partial charge in [-0.3, -0.25) is 4.79 Å². The smallest absolute Gasteiger partial charge is 0.222 e. The normalized spacial score (nSPS) is 28.2. The Hall–Kier alpha value is -0.650. The Morgan fingerprint density at radius 2 is 2.05 bits per heavy atom. The average molecular weight is 284 g/mol. The SMILES string of the molecule is O=C(CCOC1CCNCC1)NCC1CCCC(O)C1. The fraction of sp³-hybridized carbons (Fsp3) is 0.933. The summed E-state index contributed by atoms with van der Waals surface area (Å²) in [7, 11) is 0. The van der Waals surface area contributed by atoms with Gasteiger partial charge in [0.15, 0.2) is 0 Å². The van der Waals surface area contributed by atoms with Crippen LogP contribution in [0.2, 0.25) is 0 Å². The number of carbonyl (C=O) groups excluding carboxylic acids is 1. The third-order valence-electron chi connectivity index (χ3n) is 4.31. The van der Waals surface area contributed by atoms with Crippen molar-refractivity contribution in [3.63, 3.8) is 0 Å². The molecule has 20 heavy (non-hydrogen) atoms. The Kier molecular flexibility index (Phi) is 6.76. The van der Waals surface area contributed by atoms with Crippen molar-refractivity contribution >= 4 is 5.91 Å². The van der Waals surface area contributed by atoms with Gasteiger partial charge in [0, 0.05) is 13.0 Å². The quantitative estimate of drug-likeness (QED) is 0.675. The molecule has 3 N–H and O–H groups in total. The van der Waals surface area contributed by atoms with E-state index < -0.39 is 0 Å². The number of hydrogen-bond donors (Lipinski definition) is 3. The topological polar surface area (TPSA) is 70.6 Å². The first-order valence-corrected chi connectivity index (χ1v) is 8.01. The highest BCUT2D eigenvalue weighted by Crippen LogP contribution is 2.23. The molecule has 0 aromatic rings. The zero-order valence-corrected chi connectivity index (χ0v) is 12.3. The van der Waals surface area contributed by atoms with E-state index in [0.29, 0.717) is 31.6 Å². The average Bonchev–Trinajstić information content (AvgIpc) is 2.46. The van der Waals surface area contributed by atoms with E-state index in [9.17, 15) is 9.90 Å². The van der Waals surface area contributed by atoms with E-state index >= 15 is 0 Å². The molecule has 5 nitrogen and oxygen atoms in total. The number of hydrogen-bond acceptors (Lipinski definition) is 4. The summed E-state index contributed by atoms with van der Waals surface area (Å²) in [6.45, 7) is 3.24. The number of piperidine rings is 1. The Labute approximate surface area is 121 Å². The zero-order valence-electron chi connectivity index (χ0n) is 12.3. The molecule has 5 heteroatoms. The molecule has 2 rings (SSSR count). The molecule has 1 heterocycles. The molecule has 0 spiro atoms. The third kappa shape index (κ3) is 5.77. The van der Waals surface area contributed by atoms with E-state index in [2.05, 4.69) is 10.6 Å². The summed E-state index contributed by atoms with van der Waals surface area (Å²) in [5.74, 6) is 0.507. The lowest BCUT2D eigenvalue weighted by Crippen LogP contribution is -2.35. The van der Waals surface area contributed by atoms with Crippen molar-refractivity contribution in [3.05, 3.63) is 0 Å². The van der Waals surface area contributed by atoms with Gasteiger partial charge in [0.2, 0.25) is 5.91 Å². The first-order valence-electron chi connectivity index (χ1n) is 8.01. The minimum atomic E-state index is -0.172. The molecule has 2 atom stereocenters. The minimum absolute atomic E-state index is 0.0685. The Bertz CT molecular complexity index is 293. The van der Waals surface area contributed by atoms with Gasteiger partial charge in [-0.25, -0.2) is 0 Å². The number of aliphatic hydroxyl groups is 1. The van der Waals surface area contributed by atoms with E-state index in [0.717, 1.165) is 51.6 Å². The first-order chi connectivity index (χ1) is 9.74. The van der Waals surface area contributed by atoms with Crippen molar-refractivity contribution in [1.82, 2.24) is 10.6 Å². The molecule has 0 aromatic carbocycles. The fourth-order valence-electron chi connectivity index (χ4n) is 3.07. The van der Waals surface area contributed by atoms with Gasteiger partial charge < -0.3 is 20.5 Å². The summed E-state index contributed by atoms with van der Waals surface area (Å²) in [6, 6.07) is 0. The van der Waals surface area contributed by atoms with Crippen LogP contribution in [-0.2, 0) is 9.53 Å². The predicted octanol–water partition coefficient (Wildman–Crippen LogP) is 0.812. The number of aliphatic hydroxyl groups excluding tert-OH is 1. The summed E-state index contributed by atoms with van der Waals surface area (Å²) in [6.07, 6.45) is 6.60. The van der Waals surface area contributed by atoms with Crippen LogP contribution in [0.5, 0.6) is 0 Å². The Morgan fingerprint density at radius 1 is 1.25 bits per heavy atom. The largest absolute Gasteiger partial charge is 0.393 e. The van der Waals surface area contributed by atoms with Crippen molar-refractivity contribution in [3.8, 4) is 0 Å².